The van der Waals surface area contributed by atoms with Crippen LogP contribution in [0.3, 0.4) is 0 Å². The molecule has 0 aliphatic heterocycles. The number of aliphatic hydroxyl groups excluding tert-OH is 1. The minimum atomic E-state index is -0.0766. The highest BCUT2D eigenvalue weighted by Gasteiger charge is 2.11. The summed E-state index contributed by atoms with van der Waals surface area (Å²) < 4.78 is 1.79. The van der Waals surface area contributed by atoms with E-state index in [2.05, 4.69) is 17.3 Å². The molecule has 1 heterocycles. The molecule has 1 aromatic heterocycles. The number of nitrogens with zero attached hydrogens (tertiary/aromatic N) is 2. The Bertz CT molecular complexity index is 613. The van der Waals surface area contributed by atoms with Crippen molar-refractivity contribution in [3.05, 3.63) is 47.8 Å². The molecule has 0 fully saturated rings. The van der Waals surface area contributed by atoms with E-state index in [-0.39, 0.29) is 12.5 Å². The normalized spacial score (nSPS) is 12.1. The van der Waals surface area contributed by atoms with Crippen LogP contribution in [0.1, 0.15) is 42.1 Å². The molecule has 0 aliphatic carbocycles. The quantitative estimate of drug-likeness (QED) is 0.787. The Kier molecular flexibility index (Phi) is 6.35. The van der Waals surface area contributed by atoms with Gasteiger partial charge in [0, 0.05) is 24.9 Å². The van der Waals surface area contributed by atoms with Gasteiger partial charge in [-0.1, -0.05) is 13.3 Å². The van der Waals surface area contributed by atoms with Crippen LogP contribution in [0.25, 0.3) is 5.69 Å². The molecule has 0 radical (unpaired) electrons. The second-order valence-electron chi connectivity index (χ2n) is 5.89. The van der Waals surface area contributed by atoms with E-state index in [9.17, 15) is 4.79 Å². The molecule has 1 amide bonds. The fourth-order valence-electron chi connectivity index (χ4n) is 2.60. The first-order valence-corrected chi connectivity index (χ1v) is 8.14. The summed E-state index contributed by atoms with van der Waals surface area (Å²) in [6.07, 6.45) is 6.54. The molecule has 0 saturated carbocycles. The van der Waals surface area contributed by atoms with Gasteiger partial charge in [-0.15, -0.1) is 0 Å². The van der Waals surface area contributed by atoms with Crippen molar-refractivity contribution in [2.75, 3.05) is 13.2 Å². The summed E-state index contributed by atoms with van der Waals surface area (Å²) in [5, 5.41) is 16.3. The van der Waals surface area contributed by atoms with Crippen molar-refractivity contribution in [2.45, 2.75) is 33.1 Å². The second-order valence-corrected chi connectivity index (χ2v) is 5.89. The highest BCUT2D eigenvalue weighted by atomic mass is 16.3. The van der Waals surface area contributed by atoms with E-state index in [0.717, 1.165) is 30.5 Å². The van der Waals surface area contributed by atoms with Crippen LogP contribution in [-0.4, -0.2) is 33.9 Å². The molecule has 2 N–H and O–H groups in total. The summed E-state index contributed by atoms with van der Waals surface area (Å²) in [7, 11) is 0. The Balaban J connectivity index is 1.94. The molecule has 5 nitrogen and oxygen atoms in total. The third-order valence-corrected chi connectivity index (χ3v) is 3.89. The molecular weight excluding hydrogens is 290 g/mol. The van der Waals surface area contributed by atoms with Crippen molar-refractivity contribution >= 4 is 5.91 Å². The molecular formula is C18H25N3O2. The number of aromatic nitrogens is 2. The van der Waals surface area contributed by atoms with E-state index < -0.39 is 0 Å². The van der Waals surface area contributed by atoms with Gasteiger partial charge < -0.3 is 10.4 Å². The molecule has 1 aromatic carbocycles. The zero-order valence-corrected chi connectivity index (χ0v) is 13.8. The number of hydrogen-bond acceptors (Lipinski definition) is 3. The fraction of sp³-hybridized carbons (Fsp3) is 0.444. The summed E-state index contributed by atoms with van der Waals surface area (Å²) in [6.45, 7) is 4.87. The highest BCUT2D eigenvalue weighted by molar-refractivity contribution is 5.94. The van der Waals surface area contributed by atoms with Crippen LogP contribution >= 0.6 is 0 Å². The van der Waals surface area contributed by atoms with Gasteiger partial charge in [0.15, 0.2) is 0 Å². The number of carbonyl (C=O) groups excluding carboxylic acids is 1. The van der Waals surface area contributed by atoms with Crippen molar-refractivity contribution in [3.8, 4) is 5.69 Å². The molecule has 0 spiro atoms. The van der Waals surface area contributed by atoms with Crippen LogP contribution in [0.5, 0.6) is 0 Å². The van der Waals surface area contributed by atoms with Crippen LogP contribution < -0.4 is 5.32 Å². The number of rotatable bonds is 8. The molecule has 1 unspecified atom stereocenters. The predicted molar refractivity (Wildman–Crippen MR) is 90.7 cm³/mol. The van der Waals surface area contributed by atoms with Crippen molar-refractivity contribution in [2.24, 2.45) is 5.92 Å². The van der Waals surface area contributed by atoms with Gasteiger partial charge in [0.25, 0.3) is 5.91 Å². The smallest absolute Gasteiger partial charge is 0.251 e. The Morgan fingerprint density at radius 2 is 2.04 bits per heavy atom. The topological polar surface area (TPSA) is 67.2 Å². The van der Waals surface area contributed by atoms with Crippen molar-refractivity contribution in [1.29, 1.82) is 0 Å². The van der Waals surface area contributed by atoms with Crippen LogP contribution in [0.4, 0.5) is 0 Å². The first-order valence-electron chi connectivity index (χ1n) is 8.14. The van der Waals surface area contributed by atoms with Gasteiger partial charge >= 0.3 is 0 Å². The second kappa shape index (κ2) is 8.48. The van der Waals surface area contributed by atoms with E-state index in [1.165, 1.54) is 0 Å². The summed E-state index contributed by atoms with van der Waals surface area (Å²) in [4.78, 5) is 12.2. The number of carbonyl (C=O) groups is 1. The van der Waals surface area contributed by atoms with Gasteiger partial charge in [-0.3, -0.25) is 4.79 Å². The third-order valence-electron chi connectivity index (χ3n) is 3.89. The van der Waals surface area contributed by atoms with Gasteiger partial charge in [-0.25, -0.2) is 4.68 Å². The average molecular weight is 315 g/mol. The van der Waals surface area contributed by atoms with Gasteiger partial charge in [0.2, 0.25) is 0 Å². The largest absolute Gasteiger partial charge is 0.396 e. The van der Waals surface area contributed by atoms with Gasteiger partial charge in [0.1, 0.15) is 0 Å². The summed E-state index contributed by atoms with van der Waals surface area (Å²) in [6, 6.07) is 7.39. The lowest BCUT2D eigenvalue weighted by atomic mass is 10.00. The molecule has 0 saturated heterocycles. The Morgan fingerprint density at radius 1 is 1.30 bits per heavy atom. The summed E-state index contributed by atoms with van der Waals surface area (Å²) in [5.74, 6) is 0.257. The number of nitrogens with one attached hydrogen (secondary N) is 1. The van der Waals surface area contributed by atoms with Gasteiger partial charge in [0.05, 0.1) is 11.9 Å². The summed E-state index contributed by atoms with van der Waals surface area (Å²) in [5.41, 5.74) is 2.66. The lowest BCUT2D eigenvalue weighted by Gasteiger charge is -2.15. The fourth-order valence-corrected chi connectivity index (χ4v) is 2.60. The zero-order valence-electron chi connectivity index (χ0n) is 13.8. The van der Waals surface area contributed by atoms with E-state index in [1.54, 1.807) is 10.9 Å². The standard InChI is InChI=1S/C18H25N3O2/c1-3-4-15(9-10-22)12-19-18(23)16-5-7-17(8-6-16)21-13-14(2)11-20-21/h5-8,11,13,15,22H,3-4,9-10,12H2,1-2H3,(H,19,23). The molecule has 2 rings (SSSR count). The number of benzene rings is 1. The van der Waals surface area contributed by atoms with Crippen molar-refractivity contribution < 1.29 is 9.90 Å². The molecule has 2 aromatic rings. The molecule has 124 valence electrons. The lowest BCUT2D eigenvalue weighted by Crippen LogP contribution is -2.29. The predicted octanol–water partition coefficient (Wildman–Crippen LogP) is 2.71. The van der Waals surface area contributed by atoms with Crippen LogP contribution in [-0.2, 0) is 0 Å². The number of hydrogen-bond donors (Lipinski definition) is 2. The number of aryl methyl sites for hydroxylation is 1. The summed E-state index contributed by atoms with van der Waals surface area (Å²) >= 11 is 0. The first-order chi connectivity index (χ1) is 11.1. The molecule has 0 bridgehead atoms. The minimum absolute atomic E-state index is 0.0766. The van der Waals surface area contributed by atoms with Crippen LogP contribution in [0.15, 0.2) is 36.7 Å². The number of aliphatic hydroxyl groups is 1. The van der Waals surface area contributed by atoms with Crippen LogP contribution in [0.2, 0.25) is 0 Å². The average Bonchev–Trinajstić information content (AvgIpc) is 2.99. The SMILES string of the molecule is CCCC(CCO)CNC(=O)c1ccc(-n2cc(C)cn2)cc1. The van der Waals surface area contributed by atoms with E-state index in [4.69, 9.17) is 5.11 Å². The molecule has 0 aliphatic rings. The van der Waals surface area contributed by atoms with E-state index in [0.29, 0.717) is 18.0 Å². The number of amides is 1. The van der Waals surface area contributed by atoms with Gasteiger partial charge in [-0.2, -0.15) is 5.10 Å². The molecule has 23 heavy (non-hydrogen) atoms. The van der Waals surface area contributed by atoms with Crippen molar-refractivity contribution in [3.63, 3.8) is 0 Å². The Morgan fingerprint density at radius 3 is 2.61 bits per heavy atom. The van der Waals surface area contributed by atoms with E-state index >= 15 is 0 Å². The van der Waals surface area contributed by atoms with Crippen LogP contribution in [0, 0.1) is 12.8 Å². The maximum absolute atomic E-state index is 12.2. The molecule has 1 atom stereocenters. The Labute approximate surface area is 137 Å². The monoisotopic (exact) mass is 315 g/mol. The molecule has 5 heteroatoms. The zero-order chi connectivity index (χ0) is 16.7. The minimum Gasteiger partial charge on any atom is -0.396 e. The Hall–Kier alpha value is -2.14. The van der Waals surface area contributed by atoms with Crippen molar-refractivity contribution in [1.82, 2.24) is 15.1 Å². The lowest BCUT2D eigenvalue weighted by molar-refractivity contribution is 0.0943. The maximum Gasteiger partial charge on any atom is 0.251 e. The first kappa shape index (κ1) is 17.2. The van der Waals surface area contributed by atoms with Gasteiger partial charge in [-0.05, 0) is 55.5 Å². The van der Waals surface area contributed by atoms with E-state index in [1.807, 2.05) is 37.4 Å². The highest BCUT2D eigenvalue weighted by Crippen LogP contribution is 2.12. The maximum atomic E-state index is 12.2. The third kappa shape index (κ3) is 4.93.